The Hall–Kier alpha value is -3.16. The van der Waals surface area contributed by atoms with Crippen molar-refractivity contribution in [3.8, 4) is 0 Å². The zero-order valence-corrected chi connectivity index (χ0v) is 16.7. The Balaban J connectivity index is 1.60. The number of aromatic amines is 2. The van der Waals surface area contributed by atoms with Crippen LogP contribution in [0.1, 0.15) is 27.8 Å². The Morgan fingerprint density at radius 3 is 2.80 bits per heavy atom. The second-order valence-electron chi connectivity index (χ2n) is 7.37. The maximum atomic E-state index is 13.7. The summed E-state index contributed by atoms with van der Waals surface area (Å²) in [7, 11) is 1.68. The van der Waals surface area contributed by atoms with Gasteiger partial charge in [0, 0.05) is 34.2 Å². The predicted octanol–water partition coefficient (Wildman–Crippen LogP) is 4.15. The van der Waals surface area contributed by atoms with Crippen LogP contribution in [0.25, 0.3) is 21.7 Å². The van der Waals surface area contributed by atoms with Crippen LogP contribution in [0.15, 0.2) is 47.3 Å². The molecule has 0 fully saturated rings. The highest BCUT2D eigenvalue weighted by molar-refractivity contribution is 6.35. The maximum Gasteiger partial charge on any atom is 0.270 e. The molecule has 0 radical (unpaired) electrons. The summed E-state index contributed by atoms with van der Waals surface area (Å²) in [5.74, 6) is -0.735. The second kappa shape index (κ2) is 6.97. The third-order valence-electron chi connectivity index (χ3n) is 5.59. The molecule has 3 heterocycles. The van der Waals surface area contributed by atoms with Gasteiger partial charge in [-0.2, -0.15) is 0 Å². The predicted molar refractivity (Wildman–Crippen MR) is 112 cm³/mol. The summed E-state index contributed by atoms with van der Waals surface area (Å²) in [6.07, 6.45) is 0. The van der Waals surface area contributed by atoms with E-state index in [2.05, 4.69) is 9.97 Å². The lowest BCUT2D eigenvalue weighted by atomic mass is 9.95. The molecular weight excluding hydrogens is 409 g/mol. The van der Waals surface area contributed by atoms with Crippen molar-refractivity contribution in [2.45, 2.75) is 12.6 Å². The molecule has 2 aromatic heterocycles. The summed E-state index contributed by atoms with van der Waals surface area (Å²) in [5, 5.41) is 2.19. The van der Waals surface area contributed by atoms with Gasteiger partial charge in [0.25, 0.3) is 11.5 Å². The largest absolute Gasteiger partial charge is 0.373 e. The average Bonchev–Trinajstić information content (AvgIpc) is 3.18. The number of amides is 1. The van der Waals surface area contributed by atoms with E-state index in [-0.39, 0.29) is 30.1 Å². The minimum absolute atomic E-state index is 0.221. The number of pyridine rings is 1. The fourth-order valence-corrected chi connectivity index (χ4v) is 4.32. The summed E-state index contributed by atoms with van der Waals surface area (Å²) >= 11 is 6.23. The molecule has 30 heavy (non-hydrogen) atoms. The highest BCUT2D eigenvalue weighted by Gasteiger charge is 2.31. The van der Waals surface area contributed by atoms with Crippen molar-refractivity contribution in [2.75, 3.05) is 13.7 Å². The molecule has 5 rings (SSSR count). The van der Waals surface area contributed by atoms with E-state index in [1.54, 1.807) is 30.1 Å². The molecule has 4 aromatic rings. The van der Waals surface area contributed by atoms with Crippen molar-refractivity contribution in [1.82, 2.24) is 14.9 Å². The van der Waals surface area contributed by atoms with Crippen molar-refractivity contribution in [2.24, 2.45) is 0 Å². The van der Waals surface area contributed by atoms with Crippen molar-refractivity contribution < 1.29 is 13.9 Å². The molecule has 1 amide bonds. The van der Waals surface area contributed by atoms with Crippen LogP contribution in [-0.4, -0.2) is 34.4 Å². The first-order valence-electron chi connectivity index (χ1n) is 9.40. The lowest BCUT2D eigenvalue weighted by molar-refractivity contribution is 0.0333. The lowest BCUT2D eigenvalue weighted by Gasteiger charge is -2.33. The molecule has 1 unspecified atom stereocenters. The Labute approximate surface area is 175 Å². The second-order valence-corrected chi connectivity index (χ2v) is 7.77. The summed E-state index contributed by atoms with van der Waals surface area (Å²) in [6, 6.07) is 10.8. The number of rotatable bonds is 2. The van der Waals surface area contributed by atoms with Crippen molar-refractivity contribution in [1.29, 1.82) is 0 Å². The number of hydrogen-bond acceptors (Lipinski definition) is 3. The number of halogens is 2. The molecular formula is C22H17ClFN3O3. The van der Waals surface area contributed by atoms with Gasteiger partial charge in [0.1, 0.15) is 11.5 Å². The minimum atomic E-state index is -0.490. The van der Waals surface area contributed by atoms with Gasteiger partial charge in [0.05, 0.1) is 24.6 Å². The van der Waals surface area contributed by atoms with Crippen LogP contribution in [0.4, 0.5) is 4.39 Å². The van der Waals surface area contributed by atoms with Gasteiger partial charge in [-0.3, -0.25) is 9.59 Å². The van der Waals surface area contributed by atoms with Gasteiger partial charge in [-0.15, -0.1) is 0 Å². The number of likely N-dealkylation sites (N-methyl/N-ethyl adjacent to an activating group) is 1. The molecule has 1 aliphatic heterocycles. The van der Waals surface area contributed by atoms with Crippen LogP contribution in [0.3, 0.4) is 0 Å². The molecule has 0 spiro atoms. The van der Waals surface area contributed by atoms with E-state index in [1.807, 2.05) is 12.1 Å². The molecule has 0 saturated heterocycles. The van der Waals surface area contributed by atoms with Crippen molar-refractivity contribution in [3.05, 3.63) is 80.6 Å². The normalized spacial score (nSPS) is 16.0. The molecule has 0 saturated carbocycles. The van der Waals surface area contributed by atoms with Gasteiger partial charge in [0.15, 0.2) is 0 Å². The SMILES string of the molecule is CN(C(=O)c1cc2c(Cl)cccc2[nH]1)C1COCc2[nH]c(=O)c3cc(F)ccc3c21. The Morgan fingerprint density at radius 2 is 2.00 bits per heavy atom. The van der Waals surface area contributed by atoms with Crippen LogP contribution >= 0.6 is 11.6 Å². The van der Waals surface area contributed by atoms with E-state index in [9.17, 15) is 14.0 Å². The summed E-state index contributed by atoms with van der Waals surface area (Å²) in [5.41, 5.74) is 2.14. The van der Waals surface area contributed by atoms with E-state index in [1.165, 1.54) is 12.1 Å². The van der Waals surface area contributed by atoms with Gasteiger partial charge in [-0.1, -0.05) is 23.7 Å². The highest BCUT2D eigenvalue weighted by Crippen LogP contribution is 2.34. The van der Waals surface area contributed by atoms with Gasteiger partial charge in [-0.05, 0) is 35.7 Å². The number of fused-ring (bicyclic) bond motifs is 4. The monoisotopic (exact) mass is 425 g/mol. The molecule has 0 bridgehead atoms. The molecule has 2 N–H and O–H groups in total. The average molecular weight is 426 g/mol. The van der Waals surface area contributed by atoms with E-state index in [0.29, 0.717) is 21.8 Å². The first-order valence-corrected chi connectivity index (χ1v) is 9.78. The van der Waals surface area contributed by atoms with Crippen molar-refractivity contribution in [3.63, 3.8) is 0 Å². The smallest absolute Gasteiger partial charge is 0.270 e. The molecule has 0 aliphatic carbocycles. The number of benzene rings is 2. The molecule has 8 heteroatoms. The fourth-order valence-electron chi connectivity index (χ4n) is 4.09. The van der Waals surface area contributed by atoms with Gasteiger partial charge < -0.3 is 19.6 Å². The van der Waals surface area contributed by atoms with Crippen LogP contribution in [0, 0.1) is 5.82 Å². The molecule has 152 valence electrons. The topological polar surface area (TPSA) is 78.2 Å². The number of carbonyl (C=O) groups excluding carboxylic acids is 1. The van der Waals surface area contributed by atoms with Gasteiger partial charge in [-0.25, -0.2) is 4.39 Å². The molecule has 1 atom stereocenters. The molecule has 2 aromatic carbocycles. The maximum absolute atomic E-state index is 13.7. The number of nitrogens with one attached hydrogen (secondary N) is 2. The fraction of sp³-hybridized carbons (Fsp3) is 0.182. The number of ether oxygens (including phenoxy) is 1. The first kappa shape index (κ1) is 18.8. The third kappa shape index (κ3) is 2.89. The summed E-state index contributed by atoms with van der Waals surface area (Å²) < 4.78 is 19.4. The van der Waals surface area contributed by atoms with Crippen LogP contribution in [0.2, 0.25) is 5.02 Å². The summed E-state index contributed by atoms with van der Waals surface area (Å²) in [6.45, 7) is 0.479. The lowest BCUT2D eigenvalue weighted by Crippen LogP contribution is -2.37. The Bertz CT molecular complexity index is 1380. The van der Waals surface area contributed by atoms with E-state index >= 15 is 0 Å². The number of aromatic nitrogens is 2. The number of hydrogen-bond donors (Lipinski definition) is 2. The Kier molecular flexibility index (Phi) is 4.38. The standard InChI is InChI=1S/C22H17ClFN3O3/c1-27(22(29)17-8-14-15(23)3-2-4-16(14)25-17)19-10-30-9-18-20(19)12-6-5-11(24)7-13(12)21(28)26-18/h2-8,19,25H,9-10H2,1H3,(H,26,28). The van der Waals surface area contributed by atoms with Gasteiger partial charge in [0.2, 0.25) is 0 Å². The van der Waals surface area contributed by atoms with Gasteiger partial charge >= 0.3 is 0 Å². The van der Waals surface area contributed by atoms with Crippen LogP contribution in [-0.2, 0) is 11.3 Å². The highest BCUT2D eigenvalue weighted by atomic mass is 35.5. The van der Waals surface area contributed by atoms with E-state index in [4.69, 9.17) is 16.3 Å². The zero-order valence-electron chi connectivity index (χ0n) is 16.0. The number of carbonyl (C=O) groups is 1. The first-order chi connectivity index (χ1) is 14.4. The number of H-pyrrole nitrogens is 2. The minimum Gasteiger partial charge on any atom is -0.373 e. The third-order valence-corrected chi connectivity index (χ3v) is 5.92. The molecule has 6 nitrogen and oxygen atoms in total. The van der Waals surface area contributed by atoms with Crippen LogP contribution in [0.5, 0.6) is 0 Å². The molecule has 1 aliphatic rings. The van der Waals surface area contributed by atoms with Crippen molar-refractivity contribution >= 4 is 39.2 Å². The van der Waals surface area contributed by atoms with E-state index in [0.717, 1.165) is 16.5 Å². The quantitative estimate of drug-likeness (QED) is 0.506. The van der Waals surface area contributed by atoms with Crippen LogP contribution < -0.4 is 5.56 Å². The summed E-state index contributed by atoms with van der Waals surface area (Å²) in [4.78, 5) is 33.1. The zero-order chi connectivity index (χ0) is 21.0. The Morgan fingerprint density at radius 1 is 1.17 bits per heavy atom. The number of nitrogens with zero attached hydrogens (tertiary/aromatic N) is 1. The van der Waals surface area contributed by atoms with E-state index < -0.39 is 11.9 Å².